The van der Waals surface area contributed by atoms with Crippen LogP contribution >= 0.6 is 22.7 Å². The Morgan fingerprint density at radius 1 is 1.26 bits per heavy atom. The van der Waals surface area contributed by atoms with Gasteiger partial charge in [-0.05, 0) is 52.7 Å². The van der Waals surface area contributed by atoms with Gasteiger partial charge in [-0.25, -0.2) is 9.78 Å². The van der Waals surface area contributed by atoms with E-state index in [1.165, 1.54) is 18.3 Å². The molecule has 1 N–H and O–H groups in total. The van der Waals surface area contributed by atoms with E-state index in [4.69, 9.17) is 9.72 Å². The van der Waals surface area contributed by atoms with Crippen molar-refractivity contribution in [3.8, 4) is 10.6 Å². The summed E-state index contributed by atoms with van der Waals surface area (Å²) in [6, 6.07) is 1.73. The Labute approximate surface area is 189 Å². The van der Waals surface area contributed by atoms with Crippen LogP contribution in [0.5, 0.6) is 0 Å². The van der Waals surface area contributed by atoms with Crippen LogP contribution in [0.15, 0.2) is 18.5 Å². The zero-order chi connectivity index (χ0) is 22.5. The molecule has 3 aromatic heterocycles. The van der Waals surface area contributed by atoms with Crippen molar-refractivity contribution < 1.29 is 14.3 Å². The van der Waals surface area contributed by atoms with E-state index in [1.807, 2.05) is 40.7 Å². The number of aromatic nitrogens is 2. The van der Waals surface area contributed by atoms with Crippen molar-refractivity contribution >= 4 is 49.9 Å². The van der Waals surface area contributed by atoms with E-state index in [0.29, 0.717) is 6.42 Å². The summed E-state index contributed by atoms with van der Waals surface area (Å²) in [7, 11) is 0. The Bertz CT molecular complexity index is 1130. The monoisotopic (exact) mass is 458 g/mol. The second-order valence-corrected chi connectivity index (χ2v) is 10.9. The Morgan fingerprint density at radius 2 is 2.00 bits per heavy atom. The first kappa shape index (κ1) is 21.7. The molecule has 31 heavy (non-hydrogen) atoms. The van der Waals surface area contributed by atoms with E-state index in [0.717, 1.165) is 36.2 Å². The maximum absolute atomic E-state index is 12.9. The quantitative estimate of drug-likeness (QED) is 0.539. The van der Waals surface area contributed by atoms with Gasteiger partial charge in [-0.15, -0.1) is 22.7 Å². The average Bonchev–Trinajstić information content (AvgIpc) is 3.20. The van der Waals surface area contributed by atoms with Gasteiger partial charge in [0.15, 0.2) is 0 Å². The maximum atomic E-state index is 12.9. The number of nitrogens with zero attached hydrogens (tertiary/aromatic N) is 3. The molecule has 3 aromatic rings. The highest BCUT2D eigenvalue weighted by Gasteiger charge is 2.39. The van der Waals surface area contributed by atoms with Gasteiger partial charge in [0.25, 0.3) is 0 Å². The summed E-state index contributed by atoms with van der Waals surface area (Å²) in [5.41, 5.74) is 2.37. The van der Waals surface area contributed by atoms with Crippen molar-refractivity contribution in [3.05, 3.63) is 28.9 Å². The average molecular weight is 459 g/mol. The lowest BCUT2D eigenvalue weighted by atomic mass is 9.93. The van der Waals surface area contributed by atoms with E-state index in [1.54, 1.807) is 28.6 Å². The van der Waals surface area contributed by atoms with Crippen LogP contribution in [0.2, 0.25) is 0 Å². The largest absolute Gasteiger partial charge is 0.444 e. The van der Waals surface area contributed by atoms with Crippen LogP contribution in [0.25, 0.3) is 20.8 Å². The summed E-state index contributed by atoms with van der Waals surface area (Å²) < 4.78 is 6.71. The van der Waals surface area contributed by atoms with Crippen LogP contribution in [0, 0.1) is 0 Å². The van der Waals surface area contributed by atoms with Gasteiger partial charge in [-0.2, -0.15) is 0 Å². The normalized spacial score (nSPS) is 18.7. The van der Waals surface area contributed by atoms with E-state index in [9.17, 15) is 9.59 Å². The number of fused-ring (bicyclic) bond motifs is 2. The number of nitrogens with one attached hydrogen (secondary N) is 1. The summed E-state index contributed by atoms with van der Waals surface area (Å²) in [4.78, 5) is 36.7. The fraction of sp³-hybridized carbons (Fsp3) is 0.455. The molecule has 0 fully saturated rings. The second-order valence-electron chi connectivity index (χ2n) is 8.81. The van der Waals surface area contributed by atoms with Crippen LogP contribution in [-0.4, -0.2) is 38.5 Å². The van der Waals surface area contributed by atoms with E-state index in [-0.39, 0.29) is 24.1 Å². The summed E-state index contributed by atoms with van der Waals surface area (Å²) in [5, 5.41) is 4.62. The van der Waals surface area contributed by atoms with Gasteiger partial charge in [0.2, 0.25) is 5.91 Å². The number of thiophene rings is 1. The Kier molecular flexibility index (Phi) is 5.51. The highest BCUT2D eigenvalue weighted by molar-refractivity contribution is 7.23. The molecule has 1 aliphatic heterocycles. The fourth-order valence-corrected chi connectivity index (χ4v) is 6.34. The Morgan fingerprint density at radius 3 is 2.65 bits per heavy atom. The van der Waals surface area contributed by atoms with Gasteiger partial charge in [-0.3, -0.25) is 14.7 Å². The molecular formula is C22H26N4O3S2. The van der Waals surface area contributed by atoms with Crippen molar-refractivity contribution in [2.24, 2.45) is 0 Å². The standard InChI is InChI=1S/C22H26N4O3S2/c1-11-9-14-17(20-25-15-10-23-8-7-16(15)30-20)19(24-13(3)27)31-18(14)12(2)26(11)21(28)29-22(4,5)6/h7-8,10-12H,9H2,1-6H3,(H,24,27)/t11-,12+/m0/s1. The highest BCUT2D eigenvalue weighted by atomic mass is 32.1. The van der Waals surface area contributed by atoms with E-state index in [2.05, 4.69) is 10.3 Å². The number of carbonyl (C=O) groups excluding carboxylic acids is 2. The predicted octanol–water partition coefficient (Wildman–Crippen LogP) is 5.62. The zero-order valence-corrected chi connectivity index (χ0v) is 20.1. The van der Waals surface area contributed by atoms with Gasteiger partial charge in [-0.1, -0.05) is 0 Å². The molecule has 2 atom stereocenters. The fourth-order valence-electron chi connectivity index (χ4n) is 3.94. The summed E-state index contributed by atoms with van der Waals surface area (Å²) in [6.45, 7) is 11.2. The van der Waals surface area contributed by atoms with Crippen LogP contribution in [-0.2, 0) is 16.0 Å². The maximum Gasteiger partial charge on any atom is 0.411 e. The molecule has 0 spiro atoms. The highest BCUT2D eigenvalue weighted by Crippen LogP contribution is 2.49. The number of amides is 2. The van der Waals surface area contributed by atoms with Gasteiger partial charge >= 0.3 is 6.09 Å². The molecule has 4 heterocycles. The van der Waals surface area contributed by atoms with Gasteiger partial charge < -0.3 is 10.1 Å². The molecule has 0 aliphatic carbocycles. The predicted molar refractivity (Wildman–Crippen MR) is 125 cm³/mol. The minimum Gasteiger partial charge on any atom is -0.444 e. The number of pyridine rings is 1. The van der Waals surface area contributed by atoms with Crippen LogP contribution in [0.1, 0.15) is 58.0 Å². The molecule has 0 unspecified atom stereocenters. The van der Waals surface area contributed by atoms with Crippen LogP contribution < -0.4 is 5.32 Å². The molecule has 9 heteroatoms. The van der Waals surface area contributed by atoms with Crippen LogP contribution in [0.3, 0.4) is 0 Å². The third-order valence-electron chi connectivity index (χ3n) is 5.11. The molecule has 4 rings (SSSR count). The molecule has 0 aromatic carbocycles. The lowest BCUT2D eigenvalue weighted by Crippen LogP contribution is -2.46. The Balaban J connectivity index is 1.81. The van der Waals surface area contributed by atoms with Gasteiger partial charge in [0.1, 0.15) is 21.1 Å². The first-order valence-corrected chi connectivity index (χ1v) is 11.8. The molecular weight excluding hydrogens is 432 g/mol. The molecule has 164 valence electrons. The number of thiazole rings is 1. The number of hydrogen-bond donors (Lipinski definition) is 1. The summed E-state index contributed by atoms with van der Waals surface area (Å²) in [6.07, 6.45) is 3.85. The van der Waals surface area contributed by atoms with Crippen molar-refractivity contribution in [1.29, 1.82) is 0 Å². The van der Waals surface area contributed by atoms with Crippen molar-refractivity contribution in [1.82, 2.24) is 14.9 Å². The molecule has 2 amide bonds. The number of rotatable bonds is 2. The number of anilines is 1. The topological polar surface area (TPSA) is 84.4 Å². The zero-order valence-electron chi connectivity index (χ0n) is 18.5. The van der Waals surface area contributed by atoms with E-state index < -0.39 is 5.60 Å². The smallest absolute Gasteiger partial charge is 0.411 e. The summed E-state index contributed by atoms with van der Waals surface area (Å²) >= 11 is 3.10. The first-order chi connectivity index (χ1) is 14.5. The SMILES string of the molecule is CC(=O)Nc1sc2c(c1-c1nc3cnccc3s1)C[C@H](C)N(C(=O)OC(C)(C)C)[C@@H]2C. The number of hydrogen-bond acceptors (Lipinski definition) is 7. The molecule has 7 nitrogen and oxygen atoms in total. The summed E-state index contributed by atoms with van der Waals surface area (Å²) in [5.74, 6) is -0.132. The molecule has 0 saturated carbocycles. The molecule has 0 radical (unpaired) electrons. The van der Waals surface area contributed by atoms with E-state index >= 15 is 0 Å². The van der Waals surface area contributed by atoms with Crippen molar-refractivity contribution in [3.63, 3.8) is 0 Å². The molecule has 1 aliphatic rings. The third-order valence-corrected chi connectivity index (χ3v) is 7.48. The second kappa shape index (κ2) is 7.87. The lowest BCUT2D eigenvalue weighted by molar-refractivity contribution is -0.114. The number of carbonyl (C=O) groups is 2. The number of ether oxygens (including phenoxy) is 1. The van der Waals surface area contributed by atoms with Gasteiger partial charge in [0, 0.05) is 29.6 Å². The molecule has 0 bridgehead atoms. The van der Waals surface area contributed by atoms with Crippen molar-refractivity contribution in [2.45, 2.75) is 65.6 Å². The third kappa shape index (κ3) is 4.16. The Hall–Kier alpha value is -2.52. The van der Waals surface area contributed by atoms with Crippen molar-refractivity contribution in [2.75, 3.05) is 5.32 Å². The minimum absolute atomic E-state index is 0.0491. The minimum atomic E-state index is -0.562. The lowest BCUT2D eigenvalue weighted by Gasteiger charge is -2.39. The van der Waals surface area contributed by atoms with Crippen LogP contribution in [0.4, 0.5) is 9.80 Å². The first-order valence-electron chi connectivity index (χ1n) is 10.2. The van der Waals surface area contributed by atoms with Gasteiger partial charge in [0.05, 0.1) is 16.9 Å². The molecule has 0 saturated heterocycles.